The highest BCUT2D eigenvalue weighted by atomic mass is 16.6. The van der Waals surface area contributed by atoms with E-state index in [1.807, 2.05) is 6.92 Å². The van der Waals surface area contributed by atoms with E-state index in [2.05, 4.69) is 0 Å². The van der Waals surface area contributed by atoms with Gasteiger partial charge in [-0.1, -0.05) is 13.0 Å². The summed E-state index contributed by atoms with van der Waals surface area (Å²) >= 11 is 0. The van der Waals surface area contributed by atoms with Crippen LogP contribution in [0.2, 0.25) is 0 Å². The molecule has 1 aromatic carbocycles. The number of nitrogens with zero attached hydrogens (tertiary/aromatic N) is 2. The van der Waals surface area contributed by atoms with Gasteiger partial charge in [-0.25, -0.2) is 0 Å². The number of ketones is 1. The van der Waals surface area contributed by atoms with Crippen LogP contribution in [0.25, 0.3) is 0 Å². The number of nitro benzene ring substituents is 1. The van der Waals surface area contributed by atoms with Crippen LogP contribution in [0, 0.1) is 23.0 Å². The Morgan fingerprint density at radius 1 is 1.48 bits per heavy atom. The molecule has 1 saturated heterocycles. The zero-order valence-electron chi connectivity index (χ0n) is 12.2. The normalized spacial score (nSPS) is 18.7. The first-order valence-corrected chi connectivity index (χ1v) is 7.01. The van der Waals surface area contributed by atoms with Crippen LogP contribution >= 0.6 is 0 Å². The molecule has 0 aliphatic carbocycles. The molecule has 1 aromatic rings. The van der Waals surface area contributed by atoms with Gasteiger partial charge in [-0.15, -0.1) is 0 Å². The summed E-state index contributed by atoms with van der Waals surface area (Å²) in [4.78, 5) is 36.2. The van der Waals surface area contributed by atoms with Gasteiger partial charge in [0.2, 0.25) is 0 Å². The predicted octanol–water partition coefficient (Wildman–Crippen LogP) is 2.34. The molecule has 0 saturated carbocycles. The van der Waals surface area contributed by atoms with E-state index in [1.54, 1.807) is 17.9 Å². The van der Waals surface area contributed by atoms with Crippen molar-refractivity contribution in [1.82, 2.24) is 4.90 Å². The number of nitro groups is 1. The maximum Gasteiger partial charge on any atom is 0.270 e. The summed E-state index contributed by atoms with van der Waals surface area (Å²) in [6.45, 7) is 4.46. The number of likely N-dealkylation sites (tertiary alicyclic amines) is 1. The molecule has 2 rings (SSSR count). The third kappa shape index (κ3) is 3.09. The van der Waals surface area contributed by atoms with Crippen LogP contribution in [-0.2, 0) is 4.79 Å². The van der Waals surface area contributed by atoms with Gasteiger partial charge in [-0.2, -0.15) is 0 Å². The van der Waals surface area contributed by atoms with Crippen molar-refractivity contribution in [2.45, 2.75) is 26.7 Å². The molecule has 0 spiro atoms. The van der Waals surface area contributed by atoms with Crippen molar-refractivity contribution in [3.63, 3.8) is 0 Å². The van der Waals surface area contributed by atoms with Gasteiger partial charge < -0.3 is 4.90 Å². The highest BCUT2D eigenvalue weighted by Gasteiger charge is 2.30. The SMILES string of the molecule is CCC1CN(C(=O)c2cc([N+](=O)[O-])ccc2C)CCC1=O. The zero-order chi connectivity index (χ0) is 15.6. The van der Waals surface area contributed by atoms with Gasteiger partial charge in [0.15, 0.2) is 0 Å². The molecule has 112 valence electrons. The Balaban J connectivity index is 2.25. The van der Waals surface area contributed by atoms with Crippen molar-refractivity contribution < 1.29 is 14.5 Å². The Bertz CT molecular complexity index is 597. The van der Waals surface area contributed by atoms with E-state index in [0.717, 1.165) is 0 Å². The van der Waals surface area contributed by atoms with Crippen LogP contribution < -0.4 is 0 Å². The van der Waals surface area contributed by atoms with E-state index in [-0.39, 0.29) is 23.3 Å². The molecule has 1 aliphatic heterocycles. The minimum atomic E-state index is -0.509. The molecule has 1 heterocycles. The van der Waals surface area contributed by atoms with Gasteiger partial charge in [0.05, 0.1) is 4.92 Å². The van der Waals surface area contributed by atoms with Gasteiger partial charge in [0.1, 0.15) is 5.78 Å². The standard InChI is InChI=1S/C15H18N2O4/c1-3-11-9-16(7-6-14(11)18)15(19)13-8-12(17(20)21)5-4-10(13)2/h4-5,8,11H,3,6-7,9H2,1-2H3. The molecule has 1 fully saturated rings. The number of piperidine rings is 1. The summed E-state index contributed by atoms with van der Waals surface area (Å²) < 4.78 is 0. The molecule has 0 radical (unpaired) electrons. The minimum absolute atomic E-state index is 0.0934. The molecule has 1 aliphatic rings. The smallest absolute Gasteiger partial charge is 0.270 e. The van der Waals surface area contributed by atoms with Gasteiger partial charge in [-0.3, -0.25) is 19.7 Å². The van der Waals surface area contributed by atoms with Crippen molar-refractivity contribution in [3.05, 3.63) is 39.4 Å². The molecule has 21 heavy (non-hydrogen) atoms. The Hall–Kier alpha value is -2.24. The first kappa shape index (κ1) is 15.2. The third-order valence-corrected chi connectivity index (χ3v) is 3.97. The number of amides is 1. The van der Waals surface area contributed by atoms with Crippen LogP contribution in [0.4, 0.5) is 5.69 Å². The lowest BCUT2D eigenvalue weighted by Crippen LogP contribution is -2.44. The van der Waals surface area contributed by atoms with Crippen molar-refractivity contribution >= 4 is 17.4 Å². The maximum absolute atomic E-state index is 12.6. The molecule has 6 heteroatoms. The lowest BCUT2D eigenvalue weighted by molar-refractivity contribution is -0.384. The average molecular weight is 290 g/mol. The summed E-state index contributed by atoms with van der Waals surface area (Å²) in [5, 5.41) is 10.8. The Kier molecular flexibility index (Phi) is 4.35. The number of carbonyl (C=O) groups excluding carboxylic acids is 2. The highest BCUT2D eigenvalue weighted by molar-refractivity contribution is 5.97. The van der Waals surface area contributed by atoms with Gasteiger partial charge in [0.25, 0.3) is 11.6 Å². The van der Waals surface area contributed by atoms with E-state index in [4.69, 9.17) is 0 Å². The molecule has 0 bridgehead atoms. The van der Waals surface area contributed by atoms with Crippen molar-refractivity contribution in [2.75, 3.05) is 13.1 Å². The second kappa shape index (κ2) is 6.03. The number of benzene rings is 1. The monoisotopic (exact) mass is 290 g/mol. The Morgan fingerprint density at radius 2 is 2.19 bits per heavy atom. The molecule has 1 atom stereocenters. The molecule has 1 unspecified atom stereocenters. The van der Waals surface area contributed by atoms with Crippen LogP contribution in [0.1, 0.15) is 35.7 Å². The first-order chi connectivity index (χ1) is 9.93. The fourth-order valence-corrected chi connectivity index (χ4v) is 2.57. The fourth-order valence-electron chi connectivity index (χ4n) is 2.57. The van der Waals surface area contributed by atoms with Crippen LogP contribution in [0.3, 0.4) is 0 Å². The van der Waals surface area contributed by atoms with Crippen LogP contribution in [0.5, 0.6) is 0 Å². The van der Waals surface area contributed by atoms with Gasteiger partial charge in [0, 0.05) is 43.1 Å². The lowest BCUT2D eigenvalue weighted by Gasteiger charge is -2.31. The average Bonchev–Trinajstić information content (AvgIpc) is 2.47. The first-order valence-electron chi connectivity index (χ1n) is 7.01. The Morgan fingerprint density at radius 3 is 2.81 bits per heavy atom. The predicted molar refractivity (Wildman–Crippen MR) is 77.1 cm³/mol. The number of hydrogen-bond acceptors (Lipinski definition) is 4. The topological polar surface area (TPSA) is 80.5 Å². The quantitative estimate of drug-likeness (QED) is 0.632. The number of Topliss-reactive ketones (excluding diaryl/α,β-unsaturated/α-hetero) is 1. The van der Waals surface area contributed by atoms with Crippen molar-refractivity contribution in [2.24, 2.45) is 5.92 Å². The minimum Gasteiger partial charge on any atom is -0.337 e. The molecular formula is C15H18N2O4. The highest BCUT2D eigenvalue weighted by Crippen LogP contribution is 2.22. The maximum atomic E-state index is 12.6. The summed E-state index contributed by atoms with van der Waals surface area (Å²) in [7, 11) is 0. The van der Waals surface area contributed by atoms with E-state index >= 15 is 0 Å². The summed E-state index contributed by atoms with van der Waals surface area (Å²) in [6, 6.07) is 4.29. The van der Waals surface area contributed by atoms with Gasteiger partial charge in [-0.05, 0) is 18.9 Å². The number of carbonyl (C=O) groups is 2. The molecule has 6 nitrogen and oxygen atoms in total. The Labute approximate surface area is 122 Å². The summed E-state index contributed by atoms with van der Waals surface area (Å²) in [6.07, 6.45) is 1.06. The molecule has 1 amide bonds. The van der Waals surface area contributed by atoms with Crippen LogP contribution in [0.15, 0.2) is 18.2 Å². The van der Waals surface area contributed by atoms with E-state index in [9.17, 15) is 19.7 Å². The number of rotatable bonds is 3. The van der Waals surface area contributed by atoms with Crippen LogP contribution in [-0.4, -0.2) is 34.6 Å². The lowest BCUT2D eigenvalue weighted by atomic mass is 9.93. The van der Waals surface area contributed by atoms with E-state index in [1.165, 1.54) is 12.1 Å². The number of hydrogen-bond donors (Lipinski definition) is 0. The number of non-ortho nitro benzene ring substituents is 1. The fraction of sp³-hybridized carbons (Fsp3) is 0.467. The van der Waals surface area contributed by atoms with Gasteiger partial charge >= 0.3 is 0 Å². The van der Waals surface area contributed by atoms with E-state index < -0.39 is 4.92 Å². The largest absolute Gasteiger partial charge is 0.337 e. The molecule has 0 N–H and O–H groups in total. The zero-order valence-corrected chi connectivity index (χ0v) is 12.2. The third-order valence-electron chi connectivity index (χ3n) is 3.97. The molecule has 0 aromatic heterocycles. The van der Waals surface area contributed by atoms with Crippen molar-refractivity contribution in [1.29, 1.82) is 0 Å². The van der Waals surface area contributed by atoms with Crippen molar-refractivity contribution in [3.8, 4) is 0 Å². The summed E-state index contributed by atoms with van der Waals surface area (Å²) in [5.74, 6) is -0.166. The molecular weight excluding hydrogens is 272 g/mol. The number of aryl methyl sites for hydroxylation is 1. The second-order valence-corrected chi connectivity index (χ2v) is 5.33. The van der Waals surface area contributed by atoms with E-state index in [0.29, 0.717) is 37.1 Å². The summed E-state index contributed by atoms with van der Waals surface area (Å²) in [5.41, 5.74) is 0.952. The second-order valence-electron chi connectivity index (χ2n) is 5.33.